The average molecular weight is 355 g/mol. The van der Waals surface area contributed by atoms with Gasteiger partial charge in [-0.05, 0) is 37.1 Å². The number of aromatic nitrogens is 1. The van der Waals surface area contributed by atoms with Gasteiger partial charge in [-0.25, -0.2) is 4.98 Å². The van der Waals surface area contributed by atoms with Gasteiger partial charge in [-0.3, -0.25) is 4.79 Å². The number of methoxy groups -OCH3 is 2. The van der Waals surface area contributed by atoms with Crippen LogP contribution in [0.4, 0.5) is 11.5 Å². The third-order valence-electron chi connectivity index (χ3n) is 4.58. The van der Waals surface area contributed by atoms with Crippen molar-refractivity contribution in [1.82, 2.24) is 4.98 Å². The molecule has 3 rings (SSSR count). The Morgan fingerprint density at radius 1 is 1.04 bits per heavy atom. The predicted molar refractivity (Wildman–Crippen MR) is 102 cm³/mol. The number of ether oxygens (including phenoxy) is 2. The Morgan fingerprint density at radius 2 is 1.77 bits per heavy atom. The number of rotatable bonds is 5. The lowest BCUT2D eigenvalue weighted by Crippen LogP contribution is -2.28. The Hall–Kier alpha value is -2.76. The molecule has 1 aromatic carbocycles. The first-order valence-electron chi connectivity index (χ1n) is 8.96. The fraction of sp³-hybridized carbons (Fsp3) is 0.400. The van der Waals surface area contributed by atoms with Crippen LogP contribution in [0.5, 0.6) is 11.5 Å². The highest BCUT2D eigenvalue weighted by molar-refractivity contribution is 6.07. The Bertz CT molecular complexity index is 756. The zero-order chi connectivity index (χ0) is 18.4. The number of nitrogens with zero attached hydrogens (tertiary/aromatic N) is 2. The molecule has 2 heterocycles. The molecule has 138 valence electrons. The maximum atomic E-state index is 12.9. The summed E-state index contributed by atoms with van der Waals surface area (Å²) in [6.07, 6.45) is 6.47. The molecule has 1 aliphatic rings. The van der Waals surface area contributed by atoms with Crippen LogP contribution in [0.1, 0.15) is 36.0 Å². The van der Waals surface area contributed by atoms with E-state index >= 15 is 0 Å². The smallest absolute Gasteiger partial charge is 0.259 e. The molecule has 6 heteroatoms. The first kappa shape index (κ1) is 18.0. The van der Waals surface area contributed by atoms with Crippen molar-refractivity contribution in [3.63, 3.8) is 0 Å². The van der Waals surface area contributed by atoms with Crippen LogP contribution >= 0.6 is 0 Å². The van der Waals surface area contributed by atoms with Gasteiger partial charge in [0.1, 0.15) is 5.82 Å². The SMILES string of the molecule is COc1ccc(NC(=O)c2cccnc2N2CCCCCC2)cc1OC. The normalized spacial score (nSPS) is 14.5. The standard InChI is InChI=1S/C20H25N3O3/c1-25-17-10-9-15(14-18(17)26-2)22-20(24)16-8-7-11-21-19(16)23-12-5-3-4-6-13-23/h7-11,14H,3-6,12-13H2,1-2H3,(H,22,24). The van der Waals surface area contributed by atoms with E-state index in [2.05, 4.69) is 15.2 Å². The van der Waals surface area contributed by atoms with Crippen LogP contribution in [0.15, 0.2) is 36.5 Å². The van der Waals surface area contributed by atoms with Crippen LogP contribution in [-0.2, 0) is 0 Å². The number of hydrogen-bond donors (Lipinski definition) is 1. The molecule has 0 atom stereocenters. The van der Waals surface area contributed by atoms with Gasteiger partial charge >= 0.3 is 0 Å². The molecule has 0 aliphatic carbocycles. The highest BCUT2D eigenvalue weighted by Gasteiger charge is 2.19. The monoisotopic (exact) mass is 355 g/mol. The van der Waals surface area contributed by atoms with Crippen molar-refractivity contribution in [2.24, 2.45) is 0 Å². The lowest BCUT2D eigenvalue weighted by atomic mass is 10.2. The van der Waals surface area contributed by atoms with E-state index in [4.69, 9.17) is 9.47 Å². The van der Waals surface area contributed by atoms with Crippen LogP contribution in [0, 0.1) is 0 Å². The third kappa shape index (κ3) is 4.07. The van der Waals surface area contributed by atoms with Crippen molar-refractivity contribution in [2.45, 2.75) is 25.7 Å². The summed E-state index contributed by atoms with van der Waals surface area (Å²) in [5.41, 5.74) is 1.24. The lowest BCUT2D eigenvalue weighted by molar-refractivity contribution is 0.102. The second-order valence-electron chi connectivity index (χ2n) is 6.30. The third-order valence-corrected chi connectivity index (χ3v) is 4.58. The van der Waals surface area contributed by atoms with Crippen molar-refractivity contribution >= 4 is 17.4 Å². The summed E-state index contributed by atoms with van der Waals surface area (Å²) >= 11 is 0. The molecular formula is C20H25N3O3. The molecule has 0 bridgehead atoms. The van der Waals surface area contributed by atoms with E-state index in [0.717, 1.165) is 31.7 Å². The summed E-state index contributed by atoms with van der Waals surface area (Å²) in [6, 6.07) is 8.93. The predicted octanol–water partition coefficient (Wildman–Crippen LogP) is 3.73. The van der Waals surface area contributed by atoms with Gasteiger partial charge in [0.05, 0.1) is 19.8 Å². The minimum absolute atomic E-state index is 0.176. The minimum atomic E-state index is -0.176. The molecular weight excluding hydrogens is 330 g/mol. The number of benzene rings is 1. The van der Waals surface area contributed by atoms with E-state index in [0.29, 0.717) is 22.7 Å². The second kappa shape index (κ2) is 8.56. The molecule has 0 unspecified atom stereocenters. The molecule has 0 spiro atoms. The lowest BCUT2D eigenvalue weighted by Gasteiger charge is -2.23. The van der Waals surface area contributed by atoms with E-state index in [1.165, 1.54) is 12.8 Å². The van der Waals surface area contributed by atoms with Crippen molar-refractivity contribution < 1.29 is 14.3 Å². The maximum Gasteiger partial charge on any atom is 0.259 e. The summed E-state index contributed by atoms with van der Waals surface area (Å²) in [5, 5.41) is 2.94. The fourth-order valence-electron chi connectivity index (χ4n) is 3.22. The van der Waals surface area contributed by atoms with Gasteiger partial charge < -0.3 is 19.7 Å². The molecule has 1 N–H and O–H groups in total. The first-order chi connectivity index (χ1) is 12.7. The highest BCUT2D eigenvalue weighted by atomic mass is 16.5. The largest absolute Gasteiger partial charge is 0.493 e. The number of pyridine rings is 1. The van der Waals surface area contributed by atoms with E-state index in [9.17, 15) is 4.79 Å². The van der Waals surface area contributed by atoms with Crippen molar-refractivity contribution in [1.29, 1.82) is 0 Å². The zero-order valence-corrected chi connectivity index (χ0v) is 15.3. The molecule has 2 aromatic rings. The summed E-state index contributed by atoms with van der Waals surface area (Å²) in [6.45, 7) is 1.88. The summed E-state index contributed by atoms with van der Waals surface area (Å²) in [7, 11) is 3.15. The Kier molecular flexibility index (Phi) is 5.94. The molecule has 0 saturated carbocycles. The van der Waals surface area contributed by atoms with Crippen LogP contribution in [0.3, 0.4) is 0 Å². The van der Waals surface area contributed by atoms with E-state index < -0.39 is 0 Å². The molecule has 1 saturated heterocycles. The van der Waals surface area contributed by atoms with Crippen LogP contribution in [0.2, 0.25) is 0 Å². The first-order valence-corrected chi connectivity index (χ1v) is 8.96. The topological polar surface area (TPSA) is 63.7 Å². The van der Waals surface area contributed by atoms with Gasteiger partial charge in [-0.1, -0.05) is 12.8 Å². The number of hydrogen-bond acceptors (Lipinski definition) is 5. The number of carbonyl (C=O) groups excluding carboxylic acids is 1. The maximum absolute atomic E-state index is 12.9. The van der Waals surface area contributed by atoms with Gasteiger partial charge in [0.2, 0.25) is 0 Å². The molecule has 1 aliphatic heterocycles. The Morgan fingerprint density at radius 3 is 2.46 bits per heavy atom. The molecule has 1 fully saturated rings. The number of amides is 1. The average Bonchev–Trinajstić information content (AvgIpc) is 2.97. The van der Waals surface area contributed by atoms with Crippen molar-refractivity contribution in [3.05, 3.63) is 42.1 Å². The number of nitrogens with one attached hydrogen (secondary N) is 1. The minimum Gasteiger partial charge on any atom is -0.493 e. The van der Waals surface area contributed by atoms with Gasteiger partial charge in [-0.2, -0.15) is 0 Å². The van der Waals surface area contributed by atoms with Crippen molar-refractivity contribution in [3.8, 4) is 11.5 Å². The quantitative estimate of drug-likeness (QED) is 0.885. The highest BCUT2D eigenvalue weighted by Crippen LogP contribution is 2.30. The summed E-state index contributed by atoms with van der Waals surface area (Å²) in [4.78, 5) is 19.6. The van der Waals surface area contributed by atoms with E-state index in [1.807, 2.05) is 6.07 Å². The molecule has 1 amide bonds. The fourth-order valence-corrected chi connectivity index (χ4v) is 3.22. The van der Waals surface area contributed by atoms with E-state index in [1.54, 1.807) is 44.7 Å². The summed E-state index contributed by atoms with van der Waals surface area (Å²) < 4.78 is 10.5. The Labute approximate surface area is 154 Å². The Balaban J connectivity index is 1.82. The van der Waals surface area contributed by atoms with Crippen LogP contribution in [0.25, 0.3) is 0 Å². The van der Waals surface area contributed by atoms with Gasteiger partial charge in [0, 0.05) is 31.0 Å². The van der Waals surface area contributed by atoms with E-state index in [-0.39, 0.29) is 5.91 Å². The van der Waals surface area contributed by atoms with Gasteiger partial charge in [-0.15, -0.1) is 0 Å². The number of carbonyl (C=O) groups is 1. The van der Waals surface area contributed by atoms with Crippen molar-refractivity contribution in [2.75, 3.05) is 37.5 Å². The van der Waals surface area contributed by atoms with Gasteiger partial charge in [0.25, 0.3) is 5.91 Å². The molecule has 6 nitrogen and oxygen atoms in total. The van der Waals surface area contributed by atoms with Crippen LogP contribution < -0.4 is 19.7 Å². The second-order valence-corrected chi connectivity index (χ2v) is 6.30. The molecule has 26 heavy (non-hydrogen) atoms. The summed E-state index contributed by atoms with van der Waals surface area (Å²) in [5.74, 6) is 1.78. The molecule has 0 radical (unpaired) electrons. The molecule has 1 aromatic heterocycles. The van der Waals surface area contributed by atoms with Gasteiger partial charge in [0.15, 0.2) is 11.5 Å². The number of anilines is 2. The van der Waals surface area contributed by atoms with Crippen LogP contribution in [-0.4, -0.2) is 38.2 Å². The zero-order valence-electron chi connectivity index (χ0n) is 15.3.